The van der Waals surface area contributed by atoms with Crippen molar-refractivity contribution in [3.05, 3.63) is 64.2 Å². The molecule has 0 fully saturated rings. The number of methoxy groups -OCH3 is 1. The molecule has 1 N–H and O–H groups in total. The Kier molecular flexibility index (Phi) is 3.30. The fourth-order valence-corrected chi connectivity index (χ4v) is 3.69. The number of halogens is 1. The van der Waals surface area contributed by atoms with E-state index < -0.39 is 0 Å². The predicted molar refractivity (Wildman–Crippen MR) is 88.7 cm³/mol. The molecule has 2 aliphatic rings. The number of fused-ring (bicyclic) bond motifs is 3. The van der Waals surface area contributed by atoms with Crippen LogP contribution >= 0.6 is 11.6 Å². The molecule has 1 aliphatic carbocycles. The van der Waals surface area contributed by atoms with Crippen LogP contribution in [0.5, 0.6) is 5.75 Å². The van der Waals surface area contributed by atoms with Gasteiger partial charge in [-0.15, -0.1) is 0 Å². The first-order valence-electron chi connectivity index (χ1n) is 7.53. The molecule has 2 atom stereocenters. The minimum Gasteiger partial charge on any atom is -0.496 e. The van der Waals surface area contributed by atoms with Gasteiger partial charge in [-0.1, -0.05) is 35.9 Å². The first-order chi connectivity index (χ1) is 10.8. The summed E-state index contributed by atoms with van der Waals surface area (Å²) in [5.74, 6) is 1.37. The zero-order valence-electron chi connectivity index (χ0n) is 12.3. The largest absolute Gasteiger partial charge is 0.496 e. The summed E-state index contributed by atoms with van der Waals surface area (Å²) in [5.41, 5.74) is 8.20. The molecule has 0 saturated carbocycles. The summed E-state index contributed by atoms with van der Waals surface area (Å²) < 4.78 is 5.50. The van der Waals surface area contributed by atoms with E-state index in [1.807, 2.05) is 24.3 Å². The molecule has 0 saturated heterocycles. The van der Waals surface area contributed by atoms with Crippen molar-refractivity contribution in [3.8, 4) is 5.75 Å². The Bertz CT molecular complexity index is 739. The van der Waals surface area contributed by atoms with Crippen LogP contribution in [0.2, 0.25) is 5.02 Å². The maximum Gasteiger partial charge on any atom is 0.122 e. The van der Waals surface area contributed by atoms with Crippen LogP contribution in [0.3, 0.4) is 0 Å². The van der Waals surface area contributed by atoms with Crippen molar-refractivity contribution in [2.75, 3.05) is 7.11 Å². The van der Waals surface area contributed by atoms with Gasteiger partial charge in [0.1, 0.15) is 5.75 Å². The third-order valence-electron chi connectivity index (χ3n) is 4.64. The number of hydrazone groups is 1. The summed E-state index contributed by atoms with van der Waals surface area (Å²) in [7, 11) is 1.73. The van der Waals surface area contributed by atoms with Crippen LogP contribution in [0.1, 0.15) is 29.2 Å². The van der Waals surface area contributed by atoms with Crippen molar-refractivity contribution >= 4 is 17.3 Å². The Labute approximate surface area is 134 Å². The van der Waals surface area contributed by atoms with Gasteiger partial charge in [0.05, 0.1) is 18.9 Å². The molecular weight excluding hydrogens is 296 g/mol. The first kappa shape index (κ1) is 13.6. The Hall–Kier alpha value is -2.00. The van der Waals surface area contributed by atoms with Crippen LogP contribution < -0.4 is 10.2 Å². The van der Waals surface area contributed by atoms with E-state index >= 15 is 0 Å². The highest BCUT2D eigenvalue weighted by Gasteiger charge is 2.37. The quantitative estimate of drug-likeness (QED) is 0.910. The lowest BCUT2D eigenvalue weighted by Gasteiger charge is -2.27. The maximum absolute atomic E-state index is 5.99. The smallest absolute Gasteiger partial charge is 0.122 e. The number of hydrogen-bond donors (Lipinski definition) is 1. The van der Waals surface area contributed by atoms with E-state index in [-0.39, 0.29) is 6.04 Å². The number of nitrogens with zero attached hydrogens (tertiary/aromatic N) is 1. The molecule has 2 aromatic carbocycles. The fourth-order valence-electron chi connectivity index (χ4n) is 3.56. The molecule has 22 heavy (non-hydrogen) atoms. The van der Waals surface area contributed by atoms with Crippen molar-refractivity contribution in [1.29, 1.82) is 0 Å². The van der Waals surface area contributed by atoms with Crippen LogP contribution in [0.4, 0.5) is 0 Å². The van der Waals surface area contributed by atoms with Crippen molar-refractivity contribution in [2.45, 2.75) is 18.9 Å². The van der Waals surface area contributed by atoms with E-state index in [0.717, 1.165) is 29.3 Å². The van der Waals surface area contributed by atoms with Gasteiger partial charge in [0.15, 0.2) is 0 Å². The number of ether oxygens (including phenoxy) is 1. The first-order valence-corrected chi connectivity index (χ1v) is 7.90. The van der Waals surface area contributed by atoms with Crippen LogP contribution in [-0.2, 0) is 6.42 Å². The van der Waals surface area contributed by atoms with Crippen LogP contribution in [0.15, 0.2) is 47.6 Å². The maximum atomic E-state index is 5.99. The lowest BCUT2D eigenvalue weighted by Crippen LogP contribution is -2.26. The van der Waals surface area contributed by atoms with Crippen molar-refractivity contribution in [3.63, 3.8) is 0 Å². The highest BCUT2D eigenvalue weighted by Crippen LogP contribution is 2.40. The molecule has 2 unspecified atom stereocenters. The molecule has 0 spiro atoms. The SMILES string of the molecule is COc1cccc2c1CCC1C2=NNC1c1ccc(Cl)cc1. The molecule has 0 bridgehead atoms. The van der Waals surface area contributed by atoms with Crippen molar-refractivity contribution in [2.24, 2.45) is 11.0 Å². The molecule has 1 heterocycles. The van der Waals surface area contributed by atoms with Gasteiger partial charge in [-0.25, -0.2) is 0 Å². The van der Waals surface area contributed by atoms with E-state index in [1.165, 1.54) is 16.7 Å². The van der Waals surface area contributed by atoms with Gasteiger partial charge in [-0.3, -0.25) is 0 Å². The second-order valence-corrected chi connectivity index (χ2v) is 6.22. The average Bonchev–Trinajstić information content (AvgIpc) is 2.99. The predicted octanol–water partition coefficient (Wildman–Crippen LogP) is 3.96. The summed E-state index contributed by atoms with van der Waals surface area (Å²) >= 11 is 5.99. The highest BCUT2D eigenvalue weighted by molar-refractivity contribution is 6.30. The summed E-state index contributed by atoms with van der Waals surface area (Å²) in [4.78, 5) is 0. The zero-order valence-corrected chi connectivity index (χ0v) is 13.1. The average molecular weight is 313 g/mol. The zero-order chi connectivity index (χ0) is 15.1. The number of rotatable bonds is 2. The molecule has 3 nitrogen and oxygen atoms in total. The Morgan fingerprint density at radius 2 is 2.00 bits per heavy atom. The Morgan fingerprint density at radius 3 is 2.77 bits per heavy atom. The number of nitrogens with one attached hydrogen (secondary N) is 1. The lowest BCUT2D eigenvalue weighted by molar-refractivity contribution is 0.403. The topological polar surface area (TPSA) is 33.6 Å². The summed E-state index contributed by atoms with van der Waals surface area (Å²) in [6, 6.07) is 14.5. The molecule has 0 aromatic heterocycles. The fraction of sp³-hybridized carbons (Fsp3) is 0.278. The third-order valence-corrected chi connectivity index (χ3v) is 4.89. The molecule has 4 rings (SSSR count). The summed E-state index contributed by atoms with van der Waals surface area (Å²) in [5, 5.41) is 5.40. The van der Waals surface area contributed by atoms with Gasteiger partial charge in [-0.05, 0) is 36.6 Å². The van der Waals surface area contributed by atoms with Gasteiger partial charge in [0, 0.05) is 22.1 Å². The normalized spacial score (nSPS) is 22.4. The van der Waals surface area contributed by atoms with Gasteiger partial charge in [-0.2, -0.15) is 5.10 Å². The second kappa shape index (κ2) is 5.33. The van der Waals surface area contributed by atoms with Crippen LogP contribution in [-0.4, -0.2) is 12.8 Å². The van der Waals surface area contributed by atoms with Crippen LogP contribution in [0.25, 0.3) is 0 Å². The molecule has 4 heteroatoms. The third kappa shape index (κ3) is 2.08. The number of benzene rings is 2. The van der Waals surface area contributed by atoms with E-state index in [4.69, 9.17) is 16.3 Å². The molecule has 1 aliphatic heterocycles. The molecule has 0 amide bonds. The van der Waals surface area contributed by atoms with Gasteiger partial charge < -0.3 is 10.2 Å². The summed E-state index contributed by atoms with van der Waals surface area (Å²) in [6.07, 6.45) is 2.10. The molecule has 2 aromatic rings. The minimum atomic E-state index is 0.228. The second-order valence-electron chi connectivity index (χ2n) is 5.79. The van der Waals surface area contributed by atoms with Crippen molar-refractivity contribution < 1.29 is 4.74 Å². The highest BCUT2D eigenvalue weighted by atomic mass is 35.5. The van der Waals surface area contributed by atoms with Crippen molar-refractivity contribution in [1.82, 2.24) is 5.43 Å². The van der Waals surface area contributed by atoms with E-state index in [0.29, 0.717) is 5.92 Å². The van der Waals surface area contributed by atoms with Gasteiger partial charge >= 0.3 is 0 Å². The van der Waals surface area contributed by atoms with E-state index in [2.05, 4.69) is 28.7 Å². The monoisotopic (exact) mass is 312 g/mol. The minimum absolute atomic E-state index is 0.228. The van der Waals surface area contributed by atoms with Gasteiger partial charge in [0.25, 0.3) is 0 Å². The Morgan fingerprint density at radius 1 is 1.18 bits per heavy atom. The molecular formula is C18H17ClN2O. The summed E-state index contributed by atoms with van der Waals surface area (Å²) in [6.45, 7) is 0. The number of hydrogen-bond acceptors (Lipinski definition) is 3. The van der Waals surface area contributed by atoms with E-state index in [9.17, 15) is 0 Å². The van der Waals surface area contributed by atoms with Crippen LogP contribution in [0, 0.1) is 5.92 Å². The Balaban J connectivity index is 1.70. The standard InChI is InChI=1S/C18H17ClN2O/c1-22-16-4-2-3-14-13(16)9-10-15-17(20-21-18(14)15)11-5-7-12(19)8-6-11/h2-8,15,17,20H,9-10H2,1H3. The van der Waals surface area contributed by atoms with E-state index in [1.54, 1.807) is 7.11 Å². The molecule has 112 valence electrons. The molecule has 0 radical (unpaired) electrons. The lowest BCUT2D eigenvalue weighted by atomic mass is 9.77. The van der Waals surface area contributed by atoms with Gasteiger partial charge in [0.2, 0.25) is 0 Å².